The van der Waals surface area contributed by atoms with Crippen molar-refractivity contribution in [3.8, 4) is 0 Å². The number of carbonyl (C=O) groups is 5. The molecule has 0 radical (unpaired) electrons. The summed E-state index contributed by atoms with van der Waals surface area (Å²) in [6.45, 7) is 6.19. The van der Waals surface area contributed by atoms with Crippen LogP contribution in [0.3, 0.4) is 0 Å². The molecule has 0 aliphatic rings. The van der Waals surface area contributed by atoms with Gasteiger partial charge in [-0.15, -0.1) is 0 Å². The zero-order valence-corrected chi connectivity index (χ0v) is 46.3. The minimum absolute atomic E-state index is 0.00492. The molecule has 11 nitrogen and oxygen atoms in total. The number of amides is 3. The number of hydrogen-bond donors (Lipinski definition) is 3. The van der Waals surface area contributed by atoms with Gasteiger partial charge < -0.3 is 29.9 Å². The van der Waals surface area contributed by atoms with Crippen LogP contribution in [-0.4, -0.2) is 93.2 Å². The van der Waals surface area contributed by atoms with Crippen molar-refractivity contribution >= 4 is 29.7 Å². The van der Waals surface area contributed by atoms with Gasteiger partial charge in [-0.05, 0) is 49.7 Å². The Hall–Kier alpha value is -4.25. The maximum absolute atomic E-state index is 14.4. The van der Waals surface area contributed by atoms with Crippen LogP contribution in [0.15, 0.2) is 60.7 Å². The number of unbranched alkanes of at least 4 members (excludes halogenated alkanes) is 25. The quantitative estimate of drug-likeness (QED) is 0.0341. The highest BCUT2D eigenvalue weighted by Gasteiger charge is 2.31. The Morgan fingerprint density at radius 2 is 0.806 bits per heavy atom. The van der Waals surface area contributed by atoms with Gasteiger partial charge in [-0.25, -0.2) is 4.79 Å². The van der Waals surface area contributed by atoms with Crippen LogP contribution in [0.2, 0.25) is 0 Å². The first-order valence-corrected chi connectivity index (χ1v) is 29.0. The second kappa shape index (κ2) is 42.1. The maximum atomic E-state index is 14.4. The normalized spacial score (nSPS) is 12.7. The van der Waals surface area contributed by atoms with E-state index < -0.39 is 41.9 Å². The van der Waals surface area contributed by atoms with Crippen LogP contribution in [0.1, 0.15) is 224 Å². The molecule has 0 unspecified atom stereocenters. The van der Waals surface area contributed by atoms with E-state index in [0.29, 0.717) is 19.4 Å². The molecule has 11 heteroatoms. The number of carbonyl (C=O) groups excluding carboxylic acids is 5. The van der Waals surface area contributed by atoms with E-state index in [1.54, 1.807) is 0 Å². The summed E-state index contributed by atoms with van der Waals surface area (Å²) in [6, 6.07) is 15.7. The van der Waals surface area contributed by atoms with Crippen molar-refractivity contribution in [2.75, 3.05) is 40.9 Å². The summed E-state index contributed by atoms with van der Waals surface area (Å²) in [5.41, 5.74) is 1.68. The first kappa shape index (κ1) is 63.9. The molecule has 2 aromatic rings. The summed E-state index contributed by atoms with van der Waals surface area (Å²) in [6.07, 6.45) is 32.7. The van der Waals surface area contributed by atoms with Gasteiger partial charge in [-0.1, -0.05) is 222 Å². The van der Waals surface area contributed by atoms with Crippen molar-refractivity contribution in [3.05, 3.63) is 71.8 Å². The van der Waals surface area contributed by atoms with Crippen LogP contribution in [-0.2, 0) is 46.3 Å². The molecule has 3 amide bonds. The summed E-state index contributed by atoms with van der Waals surface area (Å²) in [7, 11) is 6.69. The Balaban J connectivity index is 2.09. The summed E-state index contributed by atoms with van der Waals surface area (Å²) in [5.74, 6) is -2.33. The molecule has 3 N–H and O–H groups in total. The molecule has 0 saturated carbocycles. The van der Waals surface area contributed by atoms with Gasteiger partial charge in [0.15, 0.2) is 0 Å². The molecule has 0 spiro atoms. The standard InChI is InChI=1S/C61H102N4O7/c1-6-8-10-12-14-16-20-24-28-38-48-71-58(67)46-45-54(61(70)72-49-39-29-25-21-17-15-13-11-9-7-2)63-60(69)56(51-53-42-34-31-35-43-53)64-59(68)55(50-52-40-32-30-33-41-52)62-57(66)44-36-26-22-18-19-23-27-37-47-65(3,4)5/h30-35,40-43,54-56H,6-29,36-39,44-51H2,1-5H3,(H2-,62,63,64,66,68,69)/p+1/t54-,55-,56-/m0/s1. The number of rotatable bonds is 46. The molecule has 0 bridgehead atoms. The minimum atomic E-state index is -1.13. The number of nitrogens with zero attached hydrogens (tertiary/aromatic N) is 1. The van der Waals surface area contributed by atoms with E-state index in [2.05, 4.69) is 50.9 Å². The van der Waals surface area contributed by atoms with Crippen LogP contribution in [0.5, 0.6) is 0 Å². The minimum Gasteiger partial charge on any atom is -0.466 e. The fourth-order valence-corrected chi connectivity index (χ4v) is 9.08. The van der Waals surface area contributed by atoms with Gasteiger partial charge in [0, 0.05) is 25.7 Å². The summed E-state index contributed by atoms with van der Waals surface area (Å²) >= 11 is 0. The van der Waals surface area contributed by atoms with Crippen molar-refractivity contribution < 1.29 is 37.9 Å². The third-order valence-corrected chi connectivity index (χ3v) is 13.6. The lowest BCUT2D eigenvalue weighted by molar-refractivity contribution is -0.870. The molecule has 0 aliphatic heterocycles. The topological polar surface area (TPSA) is 140 Å². The number of nitrogens with one attached hydrogen (secondary N) is 3. The van der Waals surface area contributed by atoms with Crippen LogP contribution in [0.25, 0.3) is 0 Å². The van der Waals surface area contributed by atoms with Gasteiger partial charge in [-0.3, -0.25) is 19.2 Å². The summed E-state index contributed by atoms with van der Waals surface area (Å²) in [4.78, 5) is 68.9. The van der Waals surface area contributed by atoms with Gasteiger partial charge in [0.05, 0.1) is 40.9 Å². The Morgan fingerprint density at radius 3 is 1.25 bits per heavy atom. The number of benzene rings is 2. The van der Waals surface area contributed by atoms with Crippen molar-refractivity contribution in [3.63, 3.8) is 0 Å². The van der Waals surface area contributed by atoms with Crippen molar-refractivity contribution in [2.24, 2.45) is 0 Å². The molecule has 0 fully saturated rings. The van der Waals surface area contributed by atoms with E-state index in [-0.39, 0.29) is 38.2 Å². The average molecular weight is 1000 g/mol. The molecule has 0 aromatic heterocycles. The zero-order valence-electron chi connectivity index (χ0n) is 46.3. The second-order valence-corrected chi connectivity index (χ2v) is 21.5. The number of esters is 2. The molecule has 0 heterocycles. The molecule has 2 aromatic carbocycles. The van der Waals surface area contributed by atoms with Gasteiger partial charge in [0.2, 0.25) is 17.7 Å². The highest BCUT2D eigenvalue weighted by atomic mass is 16.5. The maximum Gasteiger partial charge on any atom is 0.328 e. The predicted molar refractivity (Wildman–Crippen MR) is 295 cm³/mol. The highest BCUT2D eigenvalue weighted by Crippen LogP contribution is 2.15. The van der Waals surface area contributed by atoms with E-state index in [1.807, 2.05) is 60.7 Å². The first-order chi connectivity index (χ1) is 34.9. The van der Waals surface area contributed by atoms with E-state index >= 15 is 0 Å². The lowest BCUT2D eigenvalue weighted by Crippen LogP contribution is -2.57. The zero-order chi connectivity index (χ0) is 52.3. The van der Waals surface area contributed by atoms with Gasteiger partial charge in [0.1, 0.15) is 18.1 Å². The van der Waals surface area contributed by atoms with Crippen LogP contribution >= 0.6 is 0 Å². The van der Waals surface area contributed by atoms with Crippen LogP contribution < -0.4 is 16.0 Å². The van der Waals surface area contributed by atoms with Crippen molar-refractivity contribution in [2.45, 2.75) is 244 Å². The van der Waals surface area contributed by atoms with Gasteiger partial charge >= 0.3 is 11.9 Å². The van der Waals surface area contributed by atoms with Crippen molar-refractivity contribution in [1.29, 1.82) is 0 Å². The fraction of sp³-hybridized carbons (Fsp3) is 0.721. The SMILES string of the molecule is CCCCCCCCCCCCOC(=O)CC[C@H](NC(=O)[C@H](Cc1ccccc1)NC(=O)[C@H](Cc1ccccc1)NC(=O)CCCCCCCCCC[N+](C)(C)C)C(=O)OCCCCCCCCCCCC. The number of quaternary nitrogens is 1. The molecular weight excluding hydrogens is 901 g/mol. The lowest BCUT2D eigenvalue weighted by atomic mass is 10.0. The summed E-state index contributed by atoms with van der Waals surface area (Å²) in [5, 5.41) is 8.82. The Bertz CT molecular complexity index is 1680. The molecule has 3 atom stereocenters. The van der Waals surface area contributed by atoms with Gasteiger partial charge in [0.25, 0.3) is 0 Å². The van der Waals surface area contributed by atoms with Gasteiger partial charge in [-0.2, -0.15) is 0 Å². The molecule has 0 aliphatic carbocycles. The monoisotopic (exact) mass is 1000 g/mol. The first-order valence-electron chi connectivity index (χ1n) is 29.0. The van der Waals surface area contributed by atoms with E-state index in [9.17, 15) is 24.0 Å². The smallest absolute Gasteiger partial charge is 0.328 e. The van der Waals surface area contributed by atoms with Crippen LogP contribution in [0, 0.1) is 0 Å². The molecule has 72 heavy (non-hydrogen) atoms. The average Bonchev–Trinajstić information content (AvgIpc) is 3.36. The van der Waals surface area contributed by atoms with E-state index in [0.717, 1.165) is 79.8 Å². The molecule has 408 valence electrons. The molecule has 2 rings (SSSR count). The van der Waals surface area contributed by atoms with E-state index in [1.165, 1.54) is 116 Å². The summed E-state index contributed by atoms with van der Waals surface area (Å²) < 4.78 is 12.3. The molecular formula is C61H103N4O7+. The highest BCUT2D eigenvalue weighted by molar-refractivity contribution is 5.94. The Morgan fingerprint density at radius 1 is 0.431 bits per heavy atom. The van der Waals surface area contributed by atoms with Crippen molar-refractivity contribution in [1.82, 2.24) is 16.0 Å². The Kier molecular flexibility index (Phi) is 37.4. The molecule has 0 saturated heterocycles. The predicted octanol–water partition coefficient (Wildman–Crippen LogP) is 12.9. The Labute approximate surface area is 438 Å². The number of hydrogen-bond acceptors (Lipinski definition) is 7. The second-order valence-electron chi connectivity index (χ2n) is 21.5. The third-order valence-electron chi connectivity index (χ3n) is 13.6. The fourth-order valence-electron chi connectivity index (χ4n) is 9.08. The van der Waals surface area contributed by atoms with E-state index in [4.69, 9.17) is 9.47 Å². The number of ether oxygens (including phenoxy) is 2. The largest absolute Gasteiger partial charge is 0.466 e. The van der Waals surface area contributed by atoms with Crippen LogP contribution in [0.4, 0.5) is 0 Å². The third kappa shape index (κ3) is 35.0. The lowest BCUT2D eigenvalue weighted by Gasteiger charge is -2.25.